The number of aryl methyl sites for hydroxylation is 1. The van der Waals surface area contributed by atoms with Crippen molar-refractivity contribution >= 4 is 29.0 Å². The molecule has 1 aliphatic rings. The molecule has 26 heavy (non-hydrogen) atoms. The number of carbonyl (C=O) groups is 1. The third kappa shape index (κ3) is 4.14. The van der Waals surface area contributed by atoms with Gasteiger partial charge in [-0.15, -0.1) is 21.5 Å². The van der Waals surface area contributed by atoms with Crippen LogP contribution in [0.25, 0.3) is 10.7 Å². The van der Waals surface area contributed by atoms with Gasteiger partial charge in [0.05, 0.1) is 10.6 Å². The lowest BCUT2D eigenvalue weighted by molar-refractivity contribution is -0.118. The van der Waals surface area contributed by atoms with E-state index >= 15 is 0 Å². The van der Waals surface area contributed by atoms with Crippen LogP contribution in [0.5, 0.6) is 0 Å². The highest BCUT2D eigenvalue weighted by molar-refractivity contribution is 7.99. The fourth-order valence-electron chi connectivity index (χ4n) is 3.41. The minimum atomic E-state index is 0.0295. The topological polar surface area (TPSA) is 59.8 Å². The van der Waals surface area contributed by atoms with Crippen LogP contribution in [0, 0.1) is 11.3 Å². The van der Waals surface area contributed by atoms with Gasteiger partial charge in [-0.3, -0.25) is 4.79 Å². The van der Waals surface area contributed by atoms with Gasteiger partial charge in [0.2, 0.25) is 5.91 Å². The van der Waals surface area contributed by atoms with Crippen LogP contribution in [0.3, 0.4) is 0 Å². The van der Waals surface area contributed by atoms with Gasteiger partial charge in [0.25, 0.3) is 0 Å². The van der Waals surface area contributed by atoms with E-state index in [0.29, 0.717) is 17.7 Å². The molecule has 2 aromatic rings. The quantitative estimate of drug-likeness (QED) is 0.784. The third-order valence-corrected chi connectivity index (χ3v) is 7.32. The van der Waals surface area contributed by atoms with E-state index in [2.05, 4.69) is 42.4 Å². The molecular weight excluding hydrogens is 364 g/mol. The molecule has 0 saturated heterocycles. The van der Waals surface area contributed by atoms with Crippen molar-refractivity contribution in [2.45, 2.75) is 52.1 Å². The number of hydrogen-bond acceptors (Lipinski definition) is 5. The molecule has 0 aliphatic heterocycles. The Kier molecular flexibility index (Phi) is 5.77. The average molecular weight is 393 g/mol. The van der Waals surface area contributed by atoms with E-state index in [1.54, 1.807) is 0 Å². The van der Waals surface area contributed by atoms with Crippen LogP contribution >= 0.6 is 23.1 Å². The molecule has 1 amide bonds. The monoisotopic (exact) mass is 392 g/mol. The Bertz CT molecular complexity index is 788. The number of carbonyl (C=O) groups excluding carboxylic acids is 1. The Hall–Kier alpha value is -1.34. The number of nitrogens with one attached hydrogen (secondary N) is 1. The fourth-order valence-corrected chi connectivity index (χ4v) is 5.38. The number of rotatable bonds is 5. The molecule has 0 spiro atoms. The highest BCUT2D eigenvalue weighted by Crippen LogP contribution is 2.42. The summed E-state index contributed by atoms with van der Waals surface area (Å²) in [6.07, 6.45) is 3.59. The van der Waals surface area contributed by atoms with Gasteiger partial charge in [0, 0.05) is 18.5 Å². The van der Waals surface area contributed by atoms with Gasteiger partial charge in [-0.25, -0.2) is 0 Å². The average Bonchev–Trinajstić information content (AvgIpc) is 3.14. The van der Waals surface area contributed by atoms with Crippen LogP contribution in [-0.4, -0.2) is 33.0 Å². The molecule has 1 atom stereocenters. The minimum Gasteiger partial charge on any atom is -0.356 e. The van der Waals surface area contributed by atoms with E-state index in [-0.39, 0.29) is 5.91 Å². The minimum absolute atomic E-state index is 0.0295. The van der Waals surface area contributed by atoms with Crippen molar-refractivity contribution in [1.29, 1.82) is 0 Å². The van der Waals surface area contributed by atoms with Gasteiger partial charge in [-0.1, -0.05) is 32.5 Å². The van der Waals surface area contributed by atoms with Crippen molar-refractivity contribution in [3.8, 4) is 10.7 Å². The second-order valence-corrected chi connectivity index (χ2v) is 10.1. The molecule has 2 aromatic heterocycles. The summed E-state index contributed by atoms with van der Waals surface area (Å²) >= 11 is 3.28. The highest BCUT2D eigenvalue weighted by Gasteiger charge is 2.30. The summed E-state index contributed by atoms with van der Waals surface area (Å²) in [7, 11) is 1.98. The van der Waals surface area contributed by atoms with Gasteiger partial charge in [-0.05, 0) is 49.1 Å². The molecule has 1 unspecified atom stereocenters. The molecule has 1 aliphatic carbocycles. The highest BCUT2D eigenvalue weighted by atomic mass is 32.2. The van der Waals surface area contributed by atoms with Crippen molar-refractivity contribution in [1.82, 2.24) is 20.1 Å². The second-order valence-electron chi connectivity index (χ2n) is 7.97. The summed E-state index contributed by atoms with van der Waals surface area (Å²) in [5.74, 6) is 2.03. The van der Waals surface area contributed by atoms with Crippen LogP contribution in [-0.2, 0) is 24.7 Å². The van der Waals surface area contributed by atoms with Crippen LogP contribution in [0.4, 0.5) is 0 Å². The maximum absolute atomic E-state index is 11.7. The number of thioether (sulfide) groups is 1. The molecule has 0 saturated carbocycles. The number of nitrogens with zero attached hydrogens (tertiary/aromatic N) is 3. The fraction of sp³-hybridized carbons (Fsp3) is 0.632. The summed E-state index contributed by atoms with van der Waals surface area (Å²) in [5, 5.41) is 12.3. The number of aromatic nitrogens is 3. The zero-order valence-electron chi connectivity index (χ0n) is 16.3. The van der Waals surface area contributed by atoms with Gasteiger partial charge >= 0.3 is 0 Å². The maximum Gasteiger partial charge on any atom is 0.230 e. The predicted octanol–water partition coefficient (Wildman–Crippen LogP) is 3.92. The number of fused-ring (bicyclic) bond motifs is 1. The van der Waals surface area contributed by atoms with Crippen molar-refractivity contribution in [2.75, 3.05) is 12.3 Å². The number of hydrogen-bond donors (Lipinski definition) is 1. The Labute approximate surface area is 164 Å². The van der Waals surface area contributed by atoms with Gasteiger partial charge in [0.15, 0.2) is 11.0 Å². The summed E-state index contributed by atoms with van der Waals surface area (Å²) in [6.45, 7) is 9.61. The van der Waals surface area contributed by atoms with Gasteiger partial charge in [-0.2, -0.15) is 0 Å². The predicted molar refractivity (Wildman–Crippen MR) is 109 cm³/mol. The molecule has 1 N–H and O–H groups in total. The van der Waals surface area contributed by atoms with E-state index in [1.807, 2.05) is 29.9 Å². The zero-order valence-corrected chi connectivity index (χ0v) is 17.9. The SMILES string of the molecule is CCNC(=O)CSc1nnc(-c2cc3c(s2)CCC(C(C)(C)C)C3)n1C. The van der Waals surface area contributed by atoms with Gasteiger partial charge in [0.1, 0.15) is 0 Å². The summed E-state index contributed by atoms with van der Waals surface area (Å²) in [6, 6.07) is 2.31. The Morgan fingerprint density at radius 2 is 2.19 bits per heavy atom. The van der Waals surface area contributed by atoms with E-state index in [4.69, 9.17) is 0 Å². The molecule has 0 bridgehead atoms. The van der Waals surface area contributed by atoms with E-state index < -0.39 is 0 Å². The molecule has 0 radical (unpaired) electrons. The second kappa shape index (κ2) is 7.72. The Morgan fingerprint density at radius 3 is 2.88 bits per heavy atom. The molecule has 3 rings (SSSR count). The summed E-state index contributed by atoms with van der Waals surface area (Å²) < 4.78 is 2.00. The first kappa shape index (κ1) is 19.4. The standard InChI is InChI=1S/C19H28N4OS2/c1-6-20-16(24)11-25-18-22-21-17(23(18)5)15-10-12-9-13(19(2,3)4)7-8-14(12)26-15/h10,13H,6-9,11H2,1-5H3,(H,20,24). The maximum atomic E-state index is 11.7. The molecule has 142 valence electrons. The molecular formula is C19H28N4OS2. The molecule has 5 nitrogen and oxygen atoms in total. The number of amides is 1. The Morgan fingerprint density at radius 1 is 1.42 bits per heavy atom. The van der Waals surface area contributed by atoms with Crippen LogP contribution in [0.15, 0.2) is 11.2 Å². The Balaban J connectivity index is 1.75. The van der Waals surface area contributed by atoms with Gasteiger partial charge < -0.3 is 9.88 Å². The molecule has 2 heterocycles. The van der Waals surface area contributed by atoms with Crippen molar-refractivity contribution in [3.05, 3.63) is 16.5 Å². The number of thiophene rings is 1. The van der Waals surface area contributed by atoms with Crippen molar-refractivity contribution < 1.29 is 4.79 Å². The molecule has 0 aromatic carbocycles. The van der Waals surface area contributed by atoms with Crippen molar-refractivity contribution in [3.63, 3.8) is 0 Å². The molecule has 0 fully saturated rings. The lowest BCUT2D eigenvalue weighted by atomic mass is 9.72. The normalized spacial score (nSPS) is 17.2. The lowest BCUT2D eigenvalue weighted by Crippen LogP contribution is -2.26. The summed E-state index contributed by atoms with van der Waals surface area (Å²) in [4.78, 5) is 14.3. The van der Waals surface area contributed by atoms with Crippen LogP contribution in [0.1, 0.15) is 44.6 Å². The third-order valence-electron chi connectivity index (χ3n) is 5.07. The van der Waals surface area contributed by atoms with E-state index in [1.165, 1.54) is 39.9 Å². The lowest BCUT2D eigenvalue weighted by Gasteiger charge is -2.33. The van der Waals surface area contributed by atoms with E-state index in [0.717, 1.165) is 23.3 Å². The summed E-state index contributed by atoms with van der Waals surface area (Å²) in [5.41, 5.74) is 1.84. The zero-order chi connectivity index (χ0) is 18.9. The first-order valence-corrected chi connectivity index (χ1v) is 11.0. The van der Waals surface area contributed by atoms with E-state index in [9.17, 15) is 4.79 Å². The van der Waals surface area contributed by atoms with Crippen LogP contribution < -0.4 is 5.32 Å². The first-order valence-electron chi connectivity index (χ1n) is 9.20. The first-order chi connectivity index (χ1) is 12.3. The smallest absolute Gasteiger partial charge is 0.230 e. The van der Waals surface area contributed by atoms with Crippen molar-refractivity contribution in [2.24, 2.45) is 18.4 Å². The largest absolute Gasteiger partial charge is 0.356 e. The van der Waals surface area contributed by atoms with Crippen LogP contribution in [0.2, 0.25) is 0 Å². The molecule has 7 heteroatoms.